The number of rotatable bonds is 17. The van der Waals surface area contributed by atoms with Crippen LogP contribution >= 0.6 is 11.6 Å². The number of phenolic OH excluding ortho intramolecular Hbond substituents is 1. The number of nitro groups is 1. The van der Waals surface area contributed by atoms with Crippen LogP contribution in [0.4, 0.5) is 5.69 Å². The lowest BCUT2D eigenvalue weighted by molar-refractivity contribution is -0.385. The molecule has 5 rings (SSSR count). The molecule has 1 aromatic heterocycles. The molecule has 0 saturated carbocycles. The van der Waals surface area contributed by atoms with E-state index in [1.807, 2.05) is 84.2 Å². The number of Topliss-reactive ketones (excluding diaryl/α,β-unsaturated/α-hetero) is 1. The van der Waals surface area contributed by atoms with Gasteiger partial charge in [-0.2, -0.15) is 0 Å². The number of nitro benzene ring substituents is 1. The summed E-state index contributed by atoms with van der Waals surface area (Å²) in [5.74, 6) is -7.25. The predicted octanol–water partition coefficient (Wildman–Crippen LogP) is 6.14. The summed E-state index contributed by atoms with van der Waals surface area (Å²) in [4.78, 5) is 120. The molecule has 6 amide bonds. The van der Waals surface area contributed by atoms with Gasteiger partial charge in [0.25, 0.3) is 0 Å². The molecule has 2 aromatic carbocycles. The van der Waals surface area contributed by atoms with E-state index in [0.29, 0.717) is 22.9 Å². The number of aliphatic hydroxyl groups is 1. The van der Waals surface area contributed by atoms with Crippen molar-refractivity contribution in [3.8, 4) is 5.75 Å². The number of alkyl halides is 1. The molecule has 3 aromatic rings. The second-order valence-corrected chi connectivity index (χ2v) is 23.1. The largest absolute Gasteiger partial charge is 0.502 e. The van der Waals surface area contributed by atoms with Crippen LogP contribution in [0.1, 0.15) is 119 Å². The van der Waals surface area contributed by atoms with Gasteiger partial charge < -0.3 is 50.2 Å². The molecule has 2 saturated heterocycles. The van der Waals surface area contributed by atoms with Crippen LogP contribution in [-0.2, 0) is 56.7 Å². The fraction of sp³-hybridized carbons (Fsp3) is 0.603. The Bertz CT molecular complexity index is 2730. The van der Waals surface area contributed by atoms with E-state index in [2.05, 4.69) is 16.0 Å². The number of benzene rings is 2. The summed E-state index contributed by atoms with van der Waals surface area (Å²) >= 11 is 6.22. The monoisotopic (exact) mass is 1120 g/mol. The summed E-state index contributed by atoms with van der Waals surface area (Å²) < 4.78 is 8.24. The number of piperidine rings is 1. The molecule has 2 aliphatic rings. The number of carbonyl (C=O) groups excluding carboxylic acids is 7. The molecular formula is C58H83ClN8O12. The molecule has 20 nitrogen and oxygen atoms in total. The van der Waals surface area contributed by atoms with Gasteiger partial charge in [0.05, 0.1) is 28.5 Å². The highest BCUT2D eigenvalue weighted by Gasteiger charge is 2.49. The van der Waals surface area contributed by atoms with Gasteiger partial charge in [0.2, 0.25) is 35.4 Å². The zero-order valence-electron chi connectivity index (χ0n) is 47.9. The summed E-state index contributed by atoms with van der Waals surface area (Å²) in [6, 6.07) is 3.19. The number of aromatic nitrogens is 1. The van der Waals surface area contributed by atoms with Gasteiger partial charge in [0.1, 0.15) is 36.4 Å². The van der Waals surface area contributed by atoms with Gasteiger partial charge in [-0.1, -0.05) is 84.9 Å². The van der Waals surface area contributed by atoms with E-state index < -0.39 is 130 Å². The standard InChI is InChI=1S/C58H83ClN8O12/c1-13-15-19-40-51(71)62-42(30-38-32-65(58(9,10)50(70)31-59)43-20-17-16-18-39(38)43)55(75)63(11)45(24-33(3)4)52(72)61-41(28-37-21-22-48(68)44(29-37)67(77)78)49(69)27-35(7)54(74)64(12)47-26-36(8)57(79-23-14-2)66(56(47)76)46(25-34(5)6)53(73)60-40/h13,15-18,20-22,29,32-36,40-42,45-47,50,57,68,70H,14,19,23-28,30-31H2,1-12H3,(H,60,73)(H,61,72)(H,62,71)/b15-13+/t35-,36?,40+,41+,42+,45+,46+,47+,50-,57-/m1/s1. The summed E-state index contributed by atoms with van der Waals surface area (Å²) in [5.41, 5.74) is -0.0975. The van der Waals surface area contributed by atoms with Crippen molar-refractivity contribution < 1.29 is 53.4 Å². The summed E-state index contributed by atoms with van der Waals surface area (Å²) in [5, 5.41) is 42.9. The van der Waals surface area contributed by atoms with Gasteiger partial charge in [0.15, 0.2) is 11.5 Å². The van der Waals surface area contributed by atoms with Gasteiger partial charge in [-0.05, 0) is 94.4 Å². The third-order valence-electron chi connectivity index (χ3n) is 15.3. The summed E-state index contributed by atoms with van der Waals surface area (Å²) in [6.45, 7) is 18.4. The second kappa shape index (κ2) is 27.7. The molecule has 434 valence electrons. The first-order valence-corrected chi connectivity index (χ1v) is 28.0. The Labute approximate surface area is 469 Å². The van der Waals surface area contributed by atoms with Crippen LogP contribution in [0, 0.1) is 33.8 Å². The number of amides is 6. The van der Waals surface area contributed by atoms with E-state index in [9.17, 15) is 34.7 Å². The minimum Gasteiger partial charge on any atom is -0.502 e. The van der Waals surface area contributed by atoms with Crippen LogP contribution in [0.3, 0.4) is 0 Å². The minimum atomic E-state index is -1.43. The number of phenols is 1. The first-order valence-electron chi connectivity index (χ1n) is 27.5. The minimum absolute atomic E-state index is 0.0289. The van der Waals surface area contributed by atoms with E-state index in [0.717, 1.165) is 12.1 Å². The lowest BCUT2D eigenvalue weighted by Gasteiger charge is -2.48. The number of aromatic hydroxyl groups is 1. The maximum atomic E-state index is 15.5. The number of hydrogen-bond acceptors (Lipinski definition) is 12. The molecule has 2 aliphatic heterocycles. The molecule has 79 heavy (non-hydrogen) atoms. The Morgan fingerprint density at radius 2 is 1.47 bits per heavy atom. The number of hydrogen-bond donors (Lipinski definition) is 5. The molecule has 5 N–H and O–H groups in total. The smallest absolute Gasteiger partial charge is 0.310 e. The number of nitrogens with zero attached hydrogens (tertiary/aromatic N) is 5. The molecule has 21 heteroatoms. The Hall–Kier alpha value is -6.38. The summed E-state index contributed by atoms with van der Waals surface area (Å²) in [7, 11) is 2.88. The highest BCUT2D eigenvalue weighted by atomic mass is 35.5. The maximum absolute atomic E-state index is 15.5. The predicted molar refractivity (Wildman–Crippen MR) is 301 cm³/mol. The topological polar surface area (TPSA) is 263 Å². The van der Waals surface area contributed by atoms with Gasteiger partial charge in [0, 0.05) is 68.5 Å². The fourth-order valence-electron chi connectivity index (χ4n) is 10.7. The Kier molecular flexibility index (Phi) is 22.2. The van der Waals surface area contributed by atoms with Gasteiger partial charge in [-0.3, -0.25) is 43.7 Å². The van der Waals surface area contributed by atoms with Crippen molar-refractivity contribution in [1.29, 1.82) is 0 Å². The average Bonchev–Trinajstić information content (AvgIpc) is 3.81. The van der Waals surface area contributed by atoms with E-state index in [4.69, 9.17) is 16.3 Å². The van der Waals surface area contributed by atoms with Crippen molar-refractivity contribution in [3.63, 3.8) is 0 Å². The lowest BCUT2D eigenvalue weighted by atomic mass is 9.88. The molecule has 0 radical (unpaired) electrons. The Morgan fingerprint density at radius 3 is 2.09 bits per heavy atom. The number of para-hydroxylation sites is 1. The number of ketones is 1. The van der Waals surface area contributed by atoms with Gasteiger partial charge in [-0.15, -0.1) is 11.6 Å². The van der Waals surface area contributed by atoms with Crippen LogP contribution in [0.2, 0.25) is 0 Å². The molecule has 1 unspecified atom stereocenters. The highest BCUT2D eigenvalue weighted by Crippen LogP contribution is 2.35. The van der Waals surface area contributed by atoms with Crippen LogP contribution in [0.25, 0.3) is 10.9 Å². The molecule has 10 atom stereocenters. The zero-order valence-corrected chi connectivity index (χ0v) is 48.6. The fourth-order valence-corrected chi connectivity index (χ4v) is 11.1. The van der Waals surface area contributed by atoms with Crippen LogP contribution in [0.5, 0.6) is 5.75 Å². The Balaban J connectivity index is 1.75. The van der Waals surface area contributed by atoms with E-state index in [-0.39, 0.29) is 68.4 Å². The zero-order chi connectivity index (χ0) is 58.8. The van der Waals surface area contributed by atoms with Crippen LogP contribution in [-0.4, -0.2) is 151 Å². The van der Waals surface area contributed by atoms with Crippen LogP contribution < -0.4 is 16.0 Å². The third kappa shape index (κ3) is 15.1. The normalized spacial score (nSPS) is 25.2. The third-order valence-corrected chi connectivity index (χ3v) is 15.6. The molecular weight excluding hydrogens is 1040 g/mol. The number of ether oxygens (including phenoxy) is 1. The van der Waals surface area contributed by atoms with Crippen LogP contribution in [0.15, 0.2) is 60.8 Å². The van der Waals surface area contributed by atoms with Crippen molar-refractivity contribution >= 4 is 69.4 Å². The maximum Gasteiger partial charge on any atom is 0.310 e. The molecule has 0 spiro atoms. The molecule has 2 bridgehead atoms. The average molecular weight is 1120 g/mol. The number of fused-ring (bicyclic) bond motifs is 3. The number of likely N-dealkylation sites (N-methyl/N-ethyl adjacent to an activating group) is 2. The first kappa shape index (κ1) is 63.5. The first-order chi connectivity index (χ1) is 37.2. The highest BCUT2D eigenvalue weighted by molar-refractivity contribution is 6.18. The van der Waals surface area contributed by atoms with Crippen molar-refractivity contribution in [2.45, 2.75) is 175 Å². The quantitative estimate of drug-likeness (QED) is 0.0442. The molecule has 2 fully saturated rings. The number of nitrogens with one attached hydrogen (secondary N) is 3. The van der Waals surface area contributed by atoms with Crippen molar-refractivity contribution in [2.75, 3.05) is 26.6 Å². The summed E-state index contributed by atoms with van der Waals surface area (Å²) in [6.07, 6.45) is 3.30. The lowest BCUT2D eigenvalue weighted by Crippen LogP contribution is -2.66. The van der Waals surface area contributed by atoms with E-state index in [1.165, 1.54) is 41.8 Å². The number of allylic oxidation sites excluding steroid dienone is 1. The van der Waals surface area contributed by atoms with E-state index in [1.54, 1.807) is 25.3 Å². The number of halogens is 1. The van der Waals surface area contributed by atoms with Crippen molar-refractivity contribution in [1.82, 2.24) is 35.2 Å². The van der Waals surface area contributed by atoms with Gasteiger partial charge in [-0.25, -0.2) is 0 Å². The molecule has 0 aliphatic carbocycles. The number of carbonyl (C=O) groups is 7. The molecule has 3 heterocycles. The van der Waals surface area contributed by atoms with Gasteiger partial charge >= 0.3 is 5.69 Å². The van der Waals surface area contributed by atoms with Crippen molar-refractivity contribution in [3.05, 3.63) is 82.1 Å². The van der Waals surface area contributed by atoms with Crippen molar-refractivity contribution in [2.24, 2.45) is 23.7 Å². The van der Waals surface area contributed by atoms with E-state index >= 15 is 19.2 Å². The second-order valence-electron chi connectivity index (χ2n) is 22.8. The Morgan fingerprint density at radius 1 is 0.848 bits per heavy atom. The SMILES string of the molecule is C/C=C/C[C@@H]1NC(=O)[C@H](CC(C)C)N2C(=O)[C@H](CC(C)[C@H]2OCCC)N(C)C(=O)[C@H](C)CC(=O)[C@H](Cc2ccc(O)c([N+](=O)[O-])c2)NC(=O)[C@H](CC(C)C)N(C)C(=O)[C@H](Cc2cn(C(C)(C)[C@H](O)CCl)c3ccccc23)NC1=O. The number of aliphatic hydroxyl groups excluding tert-OH is 1.